The Morgan fingerprint density at radius 2 is 1.74 bits per heavy atom. The molecule has 1 fully saturated rings. The number of fused-ring (bicyclic) bond motifs is 1. The molecular formula is C26H26N4O7S2. The Hall–Kier alpha value is -3.94. The number of para-hydroxylation sites is 2. The molecule has 4 aromatic rings. The van der Waals surface area contributed by atoms with Gasteiger partial charge in [-0.3, -0.25) is 9.52 Å². The van der Waals surface area contributed by atoms with Crippen LogP contribution in [0.5, 0.6) is 11.5 Å². The minimum Gasteiger partial charge on any atom is -0.493 e. The quantitative estimate of drug-likeness (QED) is 0.277. The Morgan fingerprint density at radius 3 is 2.38 bits per heavy atom. The van der Waals surface area contributed by atoms with Crippen LogP contribution in [0, 0.1) is 0 Å². The number of imidazole rings is 1. The second-order valence-corrected chi connectivity index (χ2v) is 12.6. The molecule has 13 heteroatoms. The first kappa shape index (κ1) is 26.7. The average Bonchev–Trinajstić information content (AvgIpc) is 3.47. The van der Waals surface area contributed by atoms with E-state index in [1.54, 1.807) is 24.3 Å². The number of hydrogen-bond donors (Lipinski definition) is 3. The number of sulfonamides is 2. The van der Waals surface area contributed by atoms with Crippen LogP contribution in [-0.4, -0.2) is 46.9 Å². The Kier molecular flexibility index (Phi) is 7.05. The molecule has 39 heavy (non-hydrogen) atoms. The third-order valence-corrected chi connectivity index (χ3v) is 9.66. The van der Waals surface area contributed by atoms with Gasteiger partial charge in [0.1, 0.15) is 11.1 Å². The van der Waals surface area contributed by atoms with Gasteiger partial charge in [-0.2, -0.15) is 0 Å². The first-order chi connectivity index (χ1) is 18.6. The van der Waals surface area contributed by atoms with Crippen molar-refractivity contribution in [2.45, 2.75) is 29.0 Å². The summed E-state index contributed by atoms with van der Waals surface area (Å²) in [7, 11) is -4.93. The summed E-state index contributed by atoms with van der Waals surface area (Å²) in [6, 6.07) is 17.6. The van der Waals surface area contributed by atoms with E-state index in [-0.39, 0.29) is 23.5 Å². The van der Waals surface area contributed by atoms with E-state index in [0.29, 0.717) is 22.7 Å². The van der Waals surface area contributed by atoms with Crippen LogP contribution in [0.4, 0.5) is 0 Å². The number of rotatable bonds is 9. The van der Waals surface area contributed by atoms with Crippen LogP contribution in [0.2, 0.25) is 0 Å². The van der Waals surface area contributed by atoms with Crippen molar-refractivity contribution in [1.82, 2.24) is 19.4 Å². The number of amides is 1. The van der Waals surface area contributed by atoms with Crippen molar-refractivity contribution < 1.29 is 31.1 Å². The van der Waals surface area contributed by atoms with Gasteiger partial charge in [0.25, 0.3) is 0 Å². The van der Waals surface area contributed by atoms with E-state index in [4.69, 9.17) is 9.47 Å². The lowest BCUT2D eigenvalue weighted by atomic mass is 10.0. The molecule has 0 spiro atoms. The number of aromatic amines is 1. The first-order valence-corrected chi connectivity index (χ1v) is 14.9. The Balaban J connectivity index is 1.47. The zero-order chi connectivity index (χ0) is 27.8. The van der Waals surface area contributed by atoms with Gasteiger partial charge in [0.15, 0.2) is 11.5 Å². The van der Waals surface area contributed by atoms with Gasteiger partial charge >= 0.3 is 0 Å². The molecule has 1 amide bonds. The molecule has 5 rings (SSSR count). The molecule has 1 aliphatic rings. The summed E-state index contributed by atoms with van der Waals surface area (Å²) in [6.45, 7) is 0. The van der Waals surface area contributed by atoms with Crippen LogP contribution >= 0.6 is 0 Å². The molecule has 1 aromatic heterocycles. The Labute approximate surface area is 225 Å². The smallest absolute Gasteiger partial charge is 0.242 e. The molecule has 204 valence electrons. The number of H-pyrrole nitrogens is 1. The van der Waals surface area contributed by atoms with Gasteiger partial charge < -0.3 is 14.5 Å². The Morgan fingerprint density at radius 1 is 1.03 bits per heavy atom. The van der Waals surface area contributed by atoms with Crippen molar-refractivity contribution in [3.05, 3.63) is 83.7 Å². The third-order valence-electron chi connectivity index (χ3n) is 6.49. The van der Waals surface area contributed by atoms with E-state index in [1.807, 2.05) is 29.0 Å². The minimum absolute atomic E-state index is 0.0137. The van der Waals surface area contributed by atoms with Gasteiger partial charge in [-0.05, 0) is 41.8 Å². The van der Waals surface area contributed by atoms with E-state index in [1.165, 1.54) is 32.4 Å². The maximum absolute atomic E-state index is 13.5. The lowest BCUT2D eigenvalue weighted by molar-refractivity contribution is -0.118. The number of ether oxygens (including phenoxy) is 2. The summed E-state index contributed by atoms with van der Waals surface area (Å²) in [5.74, 6) is 0.536. The normalized spacial score (nSPS) is 17.6. The zero-order valence-corrected chi connectivity index (χ0v) is 22.7. The van der Waals surface area contributed by atoms with Crippen LogP contribution in [-0.2, 0) is 31.3 Å². The molecule has 0 bridgehead atoms. The average molecular weight is 571 g/mol. The van der Waals surface area contributed by atoms with E-state index in [9.17, 15) is 21.6 Å². The van der Waals surface area contributed by atoms with Crippen molar-refractivity contribution >= 4 is 37.0 Å². The number of nitrogens with zero attached hydrogens (tertiary/aromatic N) is 1. The summed E-state index contributed by atoms with van der Waals surface area (Å²) in [5, 5.41) is -0.964. The molecule has 0 radical (unpaired) electrons. The van der Waals surface area contributed by atoms with E-state index >= 15 is 0 Å². The maximum atomic E-state index is 13.5. The molecule has 2 heterocycles. The predicted octanol–water partition coefficient (Wildman–Crippen LogP) is 2.73. The van der Waals surface area contributed by atoms with Gasteiger partial charge in [0.05, 0.1) is 42.6 Å². The molecule has 11 nitrogen and oxygen atoms in total. The van der Waals surface area contributed by atoms with Crippen molar-refractivity contribution in [3.8, 4) is 11.5 Å². The number of benzene rings is 3. The molecular weight excluding hydrogens is 544 g/mol. The maximum Gasteiger partial charge on any atom is 0.242 e. The largest absolute Gasteiger partial charge is 0.493 e. The number of hydrogen-bond acceptors (Lipinski definition) is 8. The standard InChI is InChI=1S/C26H26N4O7S2/c1-36-22-12-11-18(14-23(22)37-2)38(32,33)29-21(26-27-19-5-3-4-6-20(19)28-26)13-16-7-9-17(10-8-16)24-15-25(31)30-39(24,34)35/h3-12,14,21,24,29H,13,15H2,1-2H3,(H,27,28)(H,30,31)/t21-,24?/m0/s1. The number of methoxy groups -OCH3 is 2. The van der Waals surface area contributed by atoms with Crippen molar-refractivity contribution in [3.63, 3.8) is 0 Å². The fraction of sp³-hybridized carbons (Fsp3) is 0.231. The second kappa shape index (κ2) is 10.3. The molecule has 2 atom stereocenters. The summed E-state index contributed by atoms with van der Waals surface area (Å²) >= 11 is 0. The summed E-state index contributed by atoms with van der Waals surface area (Å²) < 4.78 is 66.7. The van der Waals surface area contributed by atoms with Crippen LogP contribution < -0.4 is 18.9 Å². The molecule has 1 unspecified atom stereocenters. The number of aromatic nitrogens is 2. The molecule has 0 saturated carbocycles. The highest BCUT2D eigenvalue weighted by Gasteiger charge is 2.37. The fourth-order valence-corrected chi connectivity index (χ4v) is 7.17. The fourth-order valence-electron chi connectivity index (χ4n) is 4.52. The molecule has 0 aliphatic carbocycles. The first-order valence-electron chi connectivity index (χ1n) is 11.9. The minimum atomic E-state index is -4.04. The number of carbonyl (C=O) groups is 1. The highest BCUT2D eigenvalue weighted by Crippen LogP contribution is 2.32. The summed E-state index contributed by atoms with van der Waals surface area (Å²) in [6.07, 6.45) is 0.0651. The lowest BCUT2D eigenvalue weighted by Crippen LogP contribution is -2.31. The van der Waals surface area contributed by atoms with Gasteiger partial charge in [-0.25, -0.2) is 26.5 Å². The highest BCUT2D eigenvalue weighted by atomic mass is 32.2. The highest BCUT2D eigenvalue weighted by molar-refractivity contribution is 7.90. The molecule has 1 saturated heterocycles. The molecule has 3 N–H and O–H groups in total. The van der Waals surface area contributed by atoms with E-state index in [0.717, 1.165) is 11.1 Å². The SMILES string of the molecule is COc1ccc(S(=O)(=O)N[C@@H](Cc2ccc(C3CC(=O)NS3(=O)=O)cc2)c2nc3ccccc3[nH]2)cc1OC. The van der Waals surface area contributed by atoms with Crippen LogP contribution in [0.15, 0.2) is 71.6 Å². The van der Waals surface area contributed by atoms with Gasteiger partial charge in [0, 0.05) is 6.07 Å². The summed E-state index contributed by atoms with van der Waals surface area (Å²) in [4.78, 5) is 19.4. The number of carbonyl (C=O) groups excluding carboxylic acids is 1. The third kappa shape index (κ3) is 5.46. The Bertz CT molecular complexity index is 1720. The van der Waals surface area contributed by atoms with E-state index < -0.39 is 37.2 Å². The molecule has 1 aliphatic heterocycles. The second-order valence-electron chi connectivity index (χ2n) is 9.04. The van der Waals surface area contributed by atoms with Gasteiger partial charge in [-0.1, -0.05) is 36.4 Å². The van der Waals surface area contributed by atoms with Crippen molar-refractivity contribution in [2.24, 2.45) is 0 Å². The van der Waals surface area contributed by atoms with E-state index in [2.05, 4.69) is 14.7 Å². The monoisotopic (exact) mass is 570 g/mol. The van der Waals surface area contributed by atoms with Crippen molar-refractivity contribution in [2.75, 3.05) is 14.2 Å². The topological polar surface area (TPSA) is 157 Å². The van der Waals surface area contributed by atoms with Gasteiger partial charge in [-0.15, -0.1) is 0 Å². The predicted molar refractivity (Wildman–Crippen MR) is 143 cm³/mol. The van der Waals surface area contributed by atoms with Crippen LogP contribution in [0.1, 0.15) is 34.7 Å². The van der Waals surface area contributed by atoms with Crippen LogP contribution in [0.3, 0.4) is 0 Å². The lowest BCUT2D eigenvalue weighted by Gasteiger charge is -2.18. The van der Waals surface area contributed by atoms with Crippen LogP contribution in [0.25, 0.3) is 11.0 Å². The number of nitrogens with one attached hydrogen (secondary N) is 3. The van der Waals surface area contributed by atoms with Crippen molar-refractivity contribution in [1.29, 1.82) is 0 Å². The van der Waals surface area contributed by atoms with Gasteiger partial charge in [0.2, 0.25) is 26.0 Å². The summed E-state index contributed by atoms with van der Waals surface area (Å²) in [5.41, 5.74) is 2.64. The molecule has 3 aromatic carbocycles. The zero-order valence-electron chi connectivity index (χ0n) is 21.0.